The molecule has 8 heteroatoms. The summed E-state index contributed by atoms with van der Waals surface area (Å²) in [6.07, 6.45) is 3.80. The third-order valence-electron chi connectivity index (χ3n) is 6.00. The van der Waals surface area contributed by atoms with Crippen LogP contribution in [0.25, 0.3) is 11.8 Å². The molecule has 0 atom stereocenters. The quantitative estimate of drug-likeness (QED) is 0.188. The van der Waals surface area contributed by atoms with Crippen molar-refractivity contribution in [3.05, 3.63) is 71.1 Å². The average molecular weight is 520 g/mol. The minimum Gasteiger partial charge on any atom is -0.490 e. The molecular formula is C30H33NO7. The number of benzene rings is 2. The molecule has 0 radical (unpaired) electrons. The first kappa shape index (κ1) is 26.9. The Morgan fingerprint density at radius 3 is 2.50 bits per heavy atom. The van der Waals surface area contributed by atoms with Crippen LogP contribution in [0.3, 0.4) is 0 Å². The van der Waals surface area contributed by atoms with Gasteiger partial charge in [-0.15, -0.1) is 0 Å². The van der Waals surface area contributed by atoms with E-state index in [1.807, 2.05) is 62.6 Å². The molecule has 1 aliphatic heterocycles. The maximum atomic E-state index is 12.9. The number of hydrogen-bond acceptors (Lipinski definition) is 7. The van der Waals surface area contributed by atoms with E-state index in [1.54, 1.807) is 18.2 Å². The maximum Gasteiger partial charge on any atom is 0.331 e. The van der Waals surface area contributed by atoms with E-state index in [0.29, 0.717) is 55.0 Å². The lowest BCUT2D eigenvalue weighted by Gasteiger charge is -2.20. The number of carbonyl (C=O) groups is 2. The van der Waals surface area contributed by atoms with Crippen LogP contribution in [0, 0.1) is 13.8 Å². The third kappa shape index (κ3) is 6.19. The SMILES string of the molecule is CCCOc1ccc(C=CC(=O)OCC(=O)c2cc(C)n(-c3ccc4c(c3)OCCO4)c2C)cc1OCC. The number of hydrogen-bond donors (Lipinski definition) is 0. The number of fused-ring (bicyclic) bond motifs is 1. The number of ether oxygens (including phenoxy) is 5. The zero-order valence-electron chi connectivity index (χ0n) is 22.2. The molecule has 4 rings (SSSR count). The molecule has 0 saturated carbocycles. The molecular weight excluding hydrogens is 486 g/mol. The summed E-state index contributed by atoms with van der Waals surface area (Å²) in [6, 6.07) is 12.9. The second kappa shape index (κ2) is 12.4. The van der Waals surface area contributed by atoms with Crippen molar-refractivity contribution in [1.29, 1.82) is 0 Å². The van der Waals surface area contributed by atoms with Gasteiger partial charge in [0.05, 0.1) is 13.2 Å². The molecule has 3 aromatic rings. The topological polar surface area (TPSA) is 85.2 Å². The highest BCUT2D eigenvalue weighted by Crippen LogP contribution is 2.33. The molecule has 0 N–H and O–H groups in total. The van der Waals surface area contributed by atoms with Gasteiger partial charge in [-0.1, -0.05) is 13.0 Å². The lowest BCUT2D eigenvalue weighted by atomic mass is 10.1. The summed E-state index contributed by atoms with van der Waals surface area (Å²) in [6.45, 7) is 9.46. The zero-order chi connectivity index (χ0) is 27.1. The van der Waals surface area contributed by atoms with Crippen molar-refractivity contribution < 1.29 is 33.3 Å². The summed E-state index contributed by atoms with van der Waals surface area (Å²) < 4.78 is 29.9. The van der Waals surface area contributed by atoms with Gasteiger partial charge in [0.15, 0.2) is 29.6 Å². The number of esters is 1. The molecule has 2 aromatic carbocycles. The first-order valence-electron chi connectivity index (χ1n) is 12.8. The van der Waals surface area contributed by atoms with E-state index in [2.05, 4.69) is 0 Å². The lowest BCUT2D eigenvalue weighted by Crippen LogP contribution is -2.16. The fraction of sp³-hybridized carbons (Fsp3) is 0.333. The molecule has 1 aromatic heterocycles. The molecule has 0 spiro atoms. The monoisotopic (exact) mass is 519 g/mol. The fourth-order valence-electron chi connectivity index (χ4n) is 4.27. The molecule has 8 nitrogen and oxygen atoms in total. The first-order chi connectivity index (χ1) is 18.4. The normalized spacial score (nSPS) is 12.4. The predicted octanol–water partition coefficient (Wildman–Crippen LogP) is 5.49. The number of aryl methyl sites for hydroxylation is 1. The van der Waals surface area contributed by atoms with E-state index in [1.165, 1.54) is 6.08 Å². The van der Waals surface area contributed by atoms with E-state index in [9.17, 15) is 9.59 Å². The van der Waals surface area contributed by atoms with Gasteiger partial charge in [0, 0.05) is 34.8 Å². The van der Waals surface area contributed by atoms with Crippen molar-refractivity contribution in [1.82, 2.24) is 4.57 Å². The zero-order valence-corrected chi connectivity index (χ0v) is 22.2. The van der Waals surface area contributed by atoms with Crippen molar-refractivity contribution in [3.8, 4) is 28.7 Å². The molecule has 2 heterocycles. The second-order valence-electron chi connectivity index (χ2n) is 8.80. The number of rotatable bonds is 11. The van der Waals surface area contributed by atoms with E-state index in [0.717, 1.165) is 29.1 Å². The summed E-state index contributed by atoms with van der Waals surface area (Å²) in [7, 11) is 0. The second-order valence-corrected chi connectivity index (χ2v) is 8.80. The third-order valence-corrected chi connectivity index (χ3v) is 6.00. The number of nitrogens with zero attached hydrogens (tertiary/aromatic N) is 1. The molecule has 0 fully saturated rings. The number of ketones is 1. The molecule has 38 heavy (non-hydrogen) atoms. The van der Waals surface area contributed by atoms with Gasteiger partial charge in [-0.05, 0) is 69.2 Å². The van der Waals surface area contributed by atoms with Gasteiger partial charge in [-0.3, -0.25) is 4.79 Å². The van der Waals surface area contributed by atoms with E-state index >= 15 is 0 Å². The van der Waals surface area contributed by atoms with E-state index < -0.39 is 5.97 Å². The highest BCUT2D eigenvalue weighted by atomic mass is 16.6. The van der Waals surface area contributed by atoms with Crippen LogP contribution >= 0.6 is 0 Å². The molecule has 0 aliphatic carbocycles. The van der Waals surface area contributed by atoms with Crippen LogP contribution in [0.15, 0.2) is 48.5 Å². The Labute approximate surface area is 222 Å². The Bertz CT molecular complexity index is 1340. The molecule has 0 bridgehead atoms. The summed E-state index contributed by atoms with van der Waals surface area (Å²) in [4.78, 5) is 25.3. The summed E-state index contributed by atoms with van der Waals surface area (Å²) in [5.41, 5.74) is 3.75. The lowest BCUT2D eigenvalue weighted by molar-refractivity contribution is -0.136. The van der Waals surface area contributed by atoms with Crippen molar-refractivity contribution >= 4 is 17.8 Å². The highest BCUT2D eigenvalue weighted by molar-refractivity contribution is 6.00. The van der Waals surface area contributed by atoms with Crippen LogP contribution in [-0.4, -0.2) is 49.4 Å². The number of aromatic nitrogens is 1. The van der Waals surface area contributed by atoms with Gasteiger partial charge in [0.2, 0.25) is 5.78 Å². The predicted molar refractivity (Wildman–Crippen MR) is 144 cm³/mol. The standard InChI is InChI=1S/C30H33NO7/c1-5-13-35-26-10-7-22(17-28(26)34-6-2)8-12-30(33)38-19-25(32)24-16-20(3)31(21(24)4)23-9-11-27-29(18-23)37-15-14-36-27/h7-12,16-18H,5-6,13-15,19H2,1-4H3. The Hall–Kier alpha value is -4.20. The smallest absolute Gasteiger partial charge is 0.331 e. The van der Waals surface area contributed by atoms with Crippen LogP contribution < -0.4 is 18.9 Å². The maximum absolute atomic E-state index is 12.9. The van der Waals surface area contributed by atoms with Gasteiger partial charge in [0.25, 0.3) is 0 Å². The van der Waals surface area contributed by atoms with Crippen molar-refractivity contribution in [2.75, 3.05) is 33.0 Å². The van der Waals surface area contributed by atoms with Crippen LogP contribution in [0.5, 0.6) is 23.0 Å². The van der Waals surface area contributed by atoms with Crippen molar-refractivity contribution in [3.63, 3.8) is 0 Å². The largest absolute Gasteiger partial charge is 0.490 e. The van der Waals surface area contributed by atoms with Gasteiger partial charge < -0.3 is 28.3 Å². The van der Waals surface area contributed by atoms with Gasteiger partial charge in [-0.25, -0.2) is 4.79 Å². The Morgan fingerprint density at radius 1 is 0.947 bits per heavy atom. The van der Waals surface area contributed by atoms with Crippen LogP contribution in [0.4, 0.5) is 0 Å². The van der Waals surface area contributed by atoms with Gasteiger partial charge in [0.1, 0.15) is 13.2 Å². The summed E-state index contributed by atoms with van der Waals surface area (Å²) in [5.74, 6) is 1.76. The Balaban J connectivity index is 1.40. The average Bonchev–Trinajstić information content (AvgIpc) is 3.23. The number of carbonyl (C=O) groups excluding carboxylic acids is 2. The van der Waals surface area contributed by atoms with Gasteiger partial charge >= 0.3 is 5.97 Å². The Morgan fingerprint density at radius 2 is 1.74 bits per heavy atom. The molecule has 0 saturated heterocycles. The molecule has 0 amide bonds. The molecule has 1 aliphatic rings. The highest BCUT2D eigenvalue weighted by Gasteiger charge is 2.20. The van der Waals surface area contributed by atoms with Crippen LogP contribution in [0.2, 0.25) is 0 Å². The van der Waals surface area contributed by atoms with Gasteiger partial charge in [-0.2, -0.15) is 0 Å². The minimum absolute atomic E-state index is 0.278. The molecule has 0 unspecified atom stereocenters. The van der Waals surface area contributed by atoms with Crippen molar-refractivity contribution in [2.45, 2.75) is 34.1 Å². The van der Waals surface area contributed by atoms with Crippen LogP contribution in [-0.2, 0) is 9.53 Å². The van der Waals surface area contributed by atoms with Crippen molar-refractivity contribution in [2.24, 2.45) is 0 Å². The van der Waals surface area contributed by atoms with Crippen LogP contribution in [0.1, 0.15) is 47.6 Å². The summed E-state index contributed by atoms with van der Waals surface area (Å²) in [5, 5.41) is 0. The van der Waals surface area contributed by atoms with E-state index in [-0.39, 0.29) is 12.4 Å². The first-order valence-corrected chi connectivity index (χ1v) is 12.8. The van der Waals surface area contributed by atoms with E-state index in [4.69, 9.17) is 23.7 Å². The summed E-state index contributed by atoms with van der Waals surface area (Å²) >= 11 is 0. The minimum atomic E-state index is -0.608. The number of Topliss-reactive ketones (excluding diaryl/α,β-unsaturated/α-hetero) is 1. The fourth-order valence-corrected chi connectivity index (χ4v) is 4.27. The molecule has 200 valence electrons. The Kier molecular flexibility index (Phi) is 8.73.